The molecule has 3 nitrogen and oxygen atoms in total. The van der Waals surface area contributed by atoms with Crippen molar-refractivity contribution in [3.8, 4) is 17.4 Å². The molecule has 102 valence electrons. The van der Waals surface area contributed by atoms with Gasteiger partial charge in [0.15, 0.2) is 5.88 Å². The third-order valence-electron chi connectivity index (χ3n) is 2.92. The van der Waals surface area contributed by atoms with Gasteiger partial charge in [-0.3, -0.25) is 4.57 Å². The molecule has 0 saturated heterocycles. The molecule has 0 aliphatic rings. The Kier molecular flexibility index (Phi) is 3.46. The first-order valence-corrected chi connectivity index (χ1v) is 7.77. The first-order chi connectivity index (χ1) is 9.65. The molecule has 20 heavy (non-hydrogen) atoms. The molecule has 0 bridgehead atoms. The van der Waals surface area contributed by atoms with Crippen LogP contribution in [0.5, 0.6) is 11.8 Å². The van der Waals surface area contributed by atoms with Crippen LogP contribution in [-0.4, -0.2) is 14.8 Å². The molecule has 0 amide bonds. The molecule has 2 aromatic heterocycles. The SMILES string of the molecule is Cc1ccc(-n2c(O)cc(Sc3cccs3)c2O)cc1. The predicted molar refractivity (Wildman–Crippen MR) is 82.3 cm³/mol. The number of aromatic nitrogens is 1. The molecule has 0 aliphatic carbocycles. The second-order valence-electron chi connectivity index (χ2n) is 4.40. The van der Waals surface area contributed by atoms with Crippen molar-refractivity contribution in [3.05, 3.63) is 53.4 Å². The fourth-order valence-corrected chi connectivity index (χ4v) is 3.71. The summed E-state index contributed by atoms with van der Waals surface area (Å²) in [7, 11) is 0. The van der Waals surface area contributed by atoms with Crippen molar-refractivity contribution in [3.63, 3.8) is 0 Å². The number of nitrogens with zero attached hydrogens (tertiary/aromatic N) is 1. The van der Waals surface area contributed by atoms with Crippen molar-refractivity contribution in [1.82, 2.24) is 4.57 Å². The van der Waals surface area contributed by atoms with Gasteiger partial charge in [-0.05, 0) is 30.5 Å². The monoisotopic (exact) mass is 303 g/mol. The van der Waals surface area contributed by atoms with Crippen LogP contribution in [0.2, 0.25) is 0 Å². The third kappa shape index (κ3) is 2.42. The van der Waals surface area contributed by atoms with Gasteiger partial charge in [0.1, 0.15) is 0 Å². The van der Waals surface area contributed by atoms with Crippen LogP contribution in [0.4, 0.5) is 0 Å². The van der Waals surface area contributed by atoms with Crippen LogP contribution in [0.15, 0.2) is 56.9 Å². The van der Waals surface area contributed by atoms with E-state index in [4.69, 9.17) is 0 Å². The van der Waals surface area contributed by atoms with Gasteiger partial charge in [0.2, 0.25) is 5.88 Å². The minimum atomic E-state index is 0.0328. The van der Waals surface area contributed by atoms with Gasteiger partial charge in [0.05, 0.1) is 14.8 Å². The Bertz CT molecular complexity index is 715. The maximum absolute atomic E-state index is 10.3. The Morgan fingerprint density at radius 2 is 1.85 bits per heavy atom. The molecular formula is C15H13NO2S2. The lowest BCUT2D eigenvalue weighted by Crippen LogP contribution is -1.92. The lowest BCUT2D eigenvalue weighted by Gasteiger charge is -2.07. The van der Waals surface area contributed by atoms with Crippen LogP contribution in [-0.2, 0) is 0 Å². The van der Waals surface area contributed by atoms with Gasteiger partial charge in [-0.25, -0.2) is 0 Å². The Balaban J connectivity index is 2.00. The maximum Gasteiger partial charge on any atom is 0.213 e. The molecule has 0 saturated carbocycles. The smallest absolute Gasteiger partial charge is 0.213 e. The normalized spacial score (nSPS) is 10.8. The Labute approximate surface area is 125 Å². The maximum atomic E-state index is 10.3. The van der Waals surface area contributed by atoms with E-state index < -0.39 is 0 Å². The summed E-state index contributed by atoms with van der Waals surface area (Å²) >= 11 is 3.04. The molecular weight excluding hydrogens is 290 g/mol. The van der Waals surface area contributed by atoms with Crippen molar-refractivity contribution in [2.24, 2.45) is 0 Å². The second-order valence-corrected chi connectivity index (χ2v) is 6.69. The van der Waals surface area contributed by atoms with E-state index in [2.05, 4.69) is 0 Å². The van der Waals surface area contributed by atoms with Gasteiger partial charge in [-0.2, -0.15) is 0 Å². The molecule has 3 rings (SSSR count). The summed E-state index contributed by atoms with van der Waals surface area (Å²) in [4.78, 5) is 0.644. The number of hydrogen-bond acceptors (Lipinski definition) is 4. The summed E-state index contributed by atoms with van der Waals surface area (Å²) in [5.74, 6) is 0.0927. The van der Waals surface area contributed by atoms with Gasteiger partial charge < -0.3 is 10.2 Å². The molecule has 0 unspecified atom stereocenters. The van der Waals surface area contributed by atoms with Gasteiger partial charge in [0.25, 0.3) is 0 Å². The highest BCUT2D eigenvalue weighted by molar-refractivity contribution is 8.01. The molecule has 3 aromatic rings. The summed E-state index contributed by atoms with van der Waals surface area (Å²) in [6.45, 7) is 2.00. The van der Waals surface area contributed by atoms with Crippen molar-refractivity contribution in [2.45, 2.75) is 16.0 Å². The fraction of sp³-hybridized carbons (Fsp3) is 0.0667. The molecule has 1 aromatic carbocycles. The number of aryl methyl sites for hydroxylation is 1. The van der Waals surface area contributed by atoms with Crippen molar-refractivity contribution in [2.75, 3.05) is 0 Å². The van der Waals surface area contributed by atoms with Gasteiger partial charge >= 0.3 is 0 Å². The Hall–Kier alpha value is -1.85. The largest absolute Gasteiger partial charge is 0.494 e. The first-order valence-electron chi connectivity index (χ1n) is 6.07. The van der Waals surface area contributed by atoms with Crippen molar-refractivity contribution >= 4 is 23.1 Å². The highest BCUT2D eigenvalue weighted by Gasteiger charge is 2.16. The van der Waals surface area contributed by atoms with Gasteiger partial charge in [-0.15, -0.1) is 11.3 Å². The number of thiophene rings is 1. The summed E-state index contributed by atoms with van der Waals surface area (Å²) in [6.07, 6.45) is 0. The zero-order valence-electron chi connectivity index (χ0n) is 10.8. The highest BCUT2D eigenvalue weighted by atomic mass is 32.2. The van der Waals surface area contributed by atoms with Crippen LogP contribution in [0.25, 0.3) is 5.69 Å². The van der Waals surface area contributed by atoms with Gasteiger partial charge in [-0.1, -0.05) is 35.5 Å². The average molecular weight is 303 g/mol. The van der Waals surface area contributed by atoms with Crippen molar-refractivity contribution < 1.29 is 10.2 Å². The Morgan fingerprint density at radius 3 is 2.50 bits per heavy atom. The van der Waals surface area contributed by atoms with E-state index in [1.54, 1.807) is 17.4 Å². The van der Waals surface area contributed by atoms with E-state index in [1.165, 1.54) is 16.3 Å². The molecule has 5 heteroatoms. The zero-order valence-corrected chi connectivity index (χ0v) is 12.4. The number of aromatic hydroxyl groups is 2. The van der Waals surface area contributed by atoms with Crippen LogP contribution >= 0.6 is 23.1 Å². The topological polar surface area (TPSA) is 45.4 Å². The van der Waals surface area contributed by atoms with E-state index in [0.717, 1.165) is 15.5 Å². The van der Waals surface area contributed by atoms with Crippen LogP contribution in [0.1, 0.15) is 5.56 Å². The van der Waals surface area contributed by atoms with Crippen LogP contribution in [0, 0.1) is 6.92 Å². The molecule has 0 spiro atoms. The van der Waals surface area contributed by atoms with Crippen LogP contribution < -0.4 is 0 Å². The molecule has 2 N–H and O–H groups in total. The third-order valence-corrected chi connectivity index (χ3v) is 4.98. The fourth-order valence-electron chi connectivity index (χ4n) is 1.92. The van der Waals surface area contributed by atoms with E-state index in [9.17, 15) is 10.2 Å². The minimum absolute atomic E-state index is 0.0328. The summed E-state index contributed by atoms with van der Waals surface area (Å²) < 4.78 is 2.51. The van der Waals surface area contributed by atoms with E-state index in [0.29, 0.717) is 4.90 Å². The van der Waals surface area contributed by atoms with Crippen LogP contribution in [0.3, 0.4) is 0 Å². The average Bonchev–Trinajstić information content (AvgIpc) is 3.02. The minimum Gasteiger partial charge on any atom is -0.494 e. The lowest BCUT2D eigenvalue weighted by molar-refractivity contribution is 0.398. The predicted octanol–water partition coefficient (Wildman–Crippen LogP) is 4.41. The van der Waals surface area contributed by atoms with Crippen molar-refractivity contribution in [1.29, 1.82) is 0 Å². The molecule has 2 heterocycles. The molecule has 0 radical (unpaired) electrons. The van der Waals surface area contributed by atoms with E-state index >= 15 is 0 Å². The number of benzene rings is 1. The quantitative estimate of drug-likeness (QED) is 0.753. The van der Waals surface area contributed by atoms with Gasteiger partial charge in [0, 0.05) is 6.07 Å². The summed E-state index contributed by atoms with van der Waals surface area (Å²) in [5.41, 5.74) is 1.87. The summed E-state index contributed by atoms with van der Waals surface area (Å²) in [5, 5.41) is 22.4. The highest BCUT2D eigenvalue weighted by Crippen LogP contribution is 2.42. The van der Waals surface area contributed by atoms with E-state index in [1.807, 2.05) is 48.7 Å². The first kappa shape index (κ1) is 13.1. The standard InChI is InChI=1S/C15H13NO2S2/c1-10-4-6-11(7-5-10)16-13(17)9-12(15(16)18)20-14-3-2-8-19-14/h2-9,17-18H,1H3. The molecule has 0 aliphatic heterocycles. The molecule has 0 fully saturated rings. The van der Waals surface area contributed by atoms with E-state index in [-0.39, 0.29) is 11.8 Å². The second kappa shape index (κ2) is 5.26. The molecule has 0 atom stereocenters. The zero-order chi connectivity index (χ0) is 14.1. The lowest BCUT2D eigenvalue weighted by atomic mass is 10.2. The number of rotatable bonds is 3. The number of hydrogen-bond donors (Lipinski definition) is 2. The summed E-state index contributed by atoms with van der Waals surface area (Å²) in [6, 6.07) is 13.2. The Morgan fingerprint density at radius 1 is 1.10 bits per heavy atom.